The molecule has 0 saturated carbocycles. The zero-order valence-corrected chi connectivity index (χ0v) is 22.9. The molecule has 2 saturated heterocycles. The van der Waals surface area contributed by atoms with E-state index in [0.717, 1.165) is 68.0 Å². The van der Waals surface area contributed by atoms with E-state index in [1.54, 1.807) is 14.2 Å². The highest BCUT2D eigenvalue weighted by atomic mass is 16.5. The molecule has 1 N–H and O–H groups in total. The summed E-state index contributed by atoms with van der Waals surface area (Å²) in [6.45, 7) is 8.08. The summed E-state index contributed by atoms with van der Waals surface area (Å²) in [4.78, 5) is 29.3. The highest BCUT2D eigenvalue weighted by molar-refractivity contribution is 5.93. The van der Waals surface area contributed by atoms with Crippen molar-refractivity contribution >= 4 is 34.4 Å². The predicted octanol–water partition coefficient (Wildman–Crippen LogP) is 4.06. The van der Waals surface area contributed by atoms with Crippen molar-refractivity contribution in [2.24, 2.45) is 5.92 Å². The van der Waals surface area contributed by atoms with Gasteiger partial charge in [-0.05, 0) is 43.4 Å². The number of aryl methyl sites for hydroxylation is 1. The second-order valence-corrected chi connectivity index (χ2v) is 10.6. The number of methoxy groups -OCH3 is 2. The van der Waals surface area contributed by atoms with E-state index < -0.39 is 0 Å². The van der Waals surface area contributed by atoms with Gasteiger partial charge in [0.15, 0.2) is 11.5 Å². The summed E-state index contributed by atoms with van der Waals surface area (Å²) in [5.41, 5.74) is 4.15. The third-order valence-electron chi connectivity index (χ3n) is 8.01. The SMILES string of the molecule is COc1cc2nc(N3CCOCC3)nc(N3CCC(CN4Cc5cc(C)ccc5NC4=O)CC3)c2cc1OC. The van der Waals surface area contributed by atoms with Crippen molar-refractivity contribution in [3.63, 3.8) is 0 Å². The molecule has 1 aromatic heterocycles. The third-order valence-corrected chi connectivity index (χ3v) is 8.01. The Labute approximate surface area is 228 Å². The number of morpholine rings is 1. The van der Waals surface area contributed by atoms with E-state index in [-0.39, 0.29) is 6.03 Å². The van der Waals surface area contributed by atoms with Gasteiger partial charge in [-0.3, -0.25) is 0 Å². The number of nitrogens with one attached hydrogen (secondary N) is 1. The van der Waals surface area contributed by atoms with Crippen LogP contribution in [0.25, 0.3) is 10.9 Å². The van der Waals surface area contributed by atoms with E-state index in [1.807, 2.05) is 29.2 Å². The van der Waals surface area contributed by atoms with Gasteiger partial charge in [-0.25, -0.2) is 9.78 Å². The first-order chi connectivity index (χ1) is 19.0. The predicted molar refractivity (Wildman–Crippen MR) is 151 cm³/mol. The molecule has 10 nitrogen and oxygen atoms in total. The van der Waals surface area contributed by atoms with Crippen LogP contribution in [0.4, 0.5) is 22.2 Å². The van der Waals surface area contributed by atoms with Gasteiger partial charge in [-0.2, -0.15) is 4.98 Å². The molecule has 0 aliphatic carbocycles. The number of anilines is 3. The summed E-state index contributed by atoms with van der Waals surface area (Å²) in [6.07, 6.45) is 1.96. The molecule has 0 bridgehead atoms. The lowest BCUT2D eigenvalue weighted by atomic mass is 9.95. The summed E-state index contributed by atoms with van der Waals surface area (Å²) in [6, 6.07) is 10.1. The van der Waals surface area contributed by atoms with Gasteiger partial charge in [-0.15, -0.1) is 0 Å². The van der Waals surface area contributed by atoms with E-state index in [2.05, 4.69) is 28.1 Å². The zero-order chi connectivity index (χ0) is 26.9. The number of hydrogen-bond donors (Lipinski definition) is 1. The van der Waals surface area contributed by atoms with E-state index in [0.29, 0.717) is 43.1 Å². The highest BCUT2D eigenvalue weighted by Crippen LogP contribution is 2.37. The first-order valence-corrected chi connectivity index (χ1v) is 13.7. The fourth-order valence-corrected chi connectivity index (χ4v) is 5.81. The van der Waals surface area contributed by atoms with E-state index >= 15 is 0 Å². The fraction of sp³-hybridized carbons (Fsp3) is 0.483. The van der Waals surface area contributed by atoms with E-state index in [9.17, 15) is 4.79 Å². The molecule has 0 unspecified atom stereocenters. The molecular formula is C29H36N6O4. The molecule has 0 radical (unpaired) electrons. The van der Waals surface area contributed by atoms with Gasteiger partial charge in [0.2, 0.25) is 5.95 Å². The molecule has 3 aliphatic heterocycles. The number of urea groups is 1. The molecule has 10 heteroatoms. The number of benzene rings is 2. The molecule has 2 fully saturated rings. The molecule has 39 heavy (non-hydrogen) atoms. The lowest BCUT2D eigenvalue weighted by Gasteiger charge is -2.37. The Hall–Kier alpha value is -3.79. The first-order valence-electron chi connectivity index (χ1n) is 13.7. The van der Waals surface area contributed by atoms with Crippen molar-refractivity contribution in [1.82, 2.24) is 14.9 Å². The van der Waals surface area contributed by atoms with Crippen LogP contribution in [0.2, 0.25) is 0 Å². The van der Waals surface area contributed by atoms with E-state index in [1.165, 1.54) is 11.1 Å². The summed E-state index contributed by atoms with van der Waals surface area (Å²) in [7, 11) is 3.29. The van der Waals surface area contributed by atoms with Crippen molar-refractivity contribution in [2.75, 3.05) is 75.3 Å². The molecule has 0 spiro atoms. The van der Waals surface area contributed by atoms with Crippen LogP contribution in [-0.2, 0) is 11.3 Å². The summed E-state index contributed by atoms with van der Waals surface area (Å²) >= 11 is 0. The number of piperidine rings is 1. The van der Waals surface area contributed by atoms with Gasteiger partial charge in [0.25, 0.3) is 0 Å². The van der Waals surface area contributed by atoms with Gasteiger partial charge in [0.05, 0.1) is 33.0 Å². The van der Waals surface area contributed by atoms with Crippen molar-refractivity contribution in [3.8, 4) is 11.5 Å². The minimum atomic E-state index is -0.00762. The Morgan fingerprint density at radius 1 is 0.974 bits per heavy atom. The lowest BCUT2D eigenvalue weighted by Crippen LogP contribution is -2.44. The standard InChI is InChI=1S/C29H36N6O4/c1-19-4-5-23-21(14-19)18-35(29(36)31-23)17-20-6-8-33(9-7-20)27-22-15-25(37-2)26(38-3)16-24(22)30-28(32-27)34-10-12-39-13-11-34/h4-5,14-16,20H,6-13,17-18H2,1-3H3,(H,31,36). The maximum absolute atomic E-state index is 12.8. The molecule has 3 aromatic rings. The summed E-state index contributed by atoms with van der Waals surface area (Å²) in [5, 5.41) is 4.01. The normalized spacial score (nSPS) is 18.2. The maximum atomic E-state index is 12.8. The number of ether oxygens (including phenoxy) is 3. The zero-order valence-electron chi connectivity index (χ0n) is 22.9. The number of carbonyl (C=O) groups is 1. The van der Waals surface area contributed by atoms with Crippen molar-refractivity contribution in [1.29, 1.82) is 0 Å². The second-order valence-electron chi connectivity index (χ2n) is 10.6. The van der Waals surface area contributed by atoms with Gasteiger partial charge in [0.1, 0.15) is 5.82 Å². The van der Waals surface area contributed by atoms with Crippen molar-refractivity contribution < 1.29 is 19.0 Å². The number of hydrogen-bond acceptors (Lipinski definition) is 8. The topological polar surface area (TPSA) is 92.3 Å². The molecule has 6 rings (SSSR count). The Balaban J connectivity index is 1.22. The minimum absolute atomic E-state index is 0.00762. The Morgan fingerprint density at radius 2 is 1.72 bits per heavy atom. The molecule has 3 aliphatic rings. The van der Waals surface area contributed by atoms with Crippen LogP contribution < -0.4 is 24.6 Å². The number of rotatable bonds is 6. The third kappa shape index (κ3) is 5.13. The molecular weight excluding hydrogens is 496 g/mol. The fourth-order valence-electron chi connectivity index (χ4n) is 5.81. The van der Waals surface area contributed by atoms with Gasteiger partial charge in [-0.1, -0.05) is 17.7 Å². The van der Waals surface area contributed by atoms with Crippen LogP contribution in [0.3, 0.4) is 0 Å². The Bertz CT molecular complexity index is 1370. The van der Waals surface area contributed by atoms with Crippen LogP contribution in [-0.4, -0.2) is 81.1 Å². The molecule has 4 heterocycles. The molecule has 0 atom stereocenters. The second kappa shape index (κ2) is 10.8. The minimum Gasteiger partial charge on any atom is -0.493 e. The van der Waals surface area contributed by atoms with E-state index in [4.69, 9.17) is 24.2 Å². The summed E-state index contributed by atoms with van der Waals surface area (Å²) in [5.74, 6) is 3.38. The van der Waals surface area contributed by atoms with Gasteiger partial charge < -0.3 is 34.2 Å². The largest absolute Gasteiger partial charge is 0.493 e. The van der Waals surface area contributed by atoms with Crippen LogP contribution in [0.1, 0.15) is 24.0 Å². The first kappa shape index (κ1) is 25.5. The average molecular weight is 533 g/mol. The van der Waals surface area contributed by atoms with Crippen molar-refractivity contribution in [3.05, 3.63) is 41.5 Å². The van der Waals surface area contributed by atoms with Crippen LogP contribution in [0.15, 0.2) is 30.3 Å². The maximum Gasteiger partial charge on any atom is 0.322 e. The van der Waals surface area contributed by atoms with Crippen LogP contribution in [0.5, 0.6) is 11.5 Å². The molecule has 206 valence electrons. The van der Waals surface area contributed by atoms with Gasteiger partial charge in [0, 0.05) is 56.4 Å². The van der Waals surface area contributed by atoms with Crippen molar-refractivity contribution in [2.45, 2.75) is 26.3 Å². The quantitative estimate of drug-likeness (QED) is 0.508. The molecule has 2 amide bonds. The number of aromatic nitrogens is 2. The number of amides is 2. The van der Waals surface area contributed by atoms with Gasteiger partial charge >= 0.3 is 6.03 Å². The number of nitrogens with zero attached hydrogens (tertiary/aromatic N) is 5. The Morgan fingerprint density at radius 3 is 2.46 bits per heavy atom. The van der Waals surface area contributed by atoms with Crippen LogP contribution in [0, 0.1) is 12.8 Å². The number of carbonyl (C=O) groups excluding carboxylic acids is 1. The molecule has 2 aromatic carbocycles. The number of fused-ring (bicyclic) bond motifs is 2. The van der Waals surface area contributed by atoms with Crippen LogP contribution >= 0.6 is 0 Å². The lowest BCUT2D eigenvalue weighted by molar-refractivity contribution is 0.122. The smallest absolute Gasteiger partial charge is 0.322 e. The Kier molecular flexibility index (Phi) is 7.03. The highest BCUT2D eigenvalue weighted by Gasteiger charge is 2.29. The average Bonchev–Trinajstić information content (AvgIpc) is 2.97. The summed E-state index contributed by atoms with van der Waals surface area (Å²) < 4.78 is 16.7. The monoisotopic (exact) mass is 532 g/mol.